The number of carboxylic acids is 2. The summed E-state index contributed by atoms with van der Waals surface area (Å²) >= 11 is 6.87. The standard InChI is InChI=1S/C26H28ClNO.C4H6O6/c1-3-28(4-2)19-20-29-24-17-15-22(16-18-24)25(21-11-7-5-8-12-21)26(27)23-13-9-6-10-14-23;5-1(3(7)8)2(6)4(9)10/h5-18H,3-4,19-20H2,1-2H3;1-2,5-6H,(H,7,8)(H,9,10)/b26-25-;. The van der Waals surface area contributed by atoms with Crippen LogP contribution in [0.25, 0.3) is 10.6 Å². The van der Waals surface area contributed by atoms with Crippen molar-refractivity contribution in [1.82, 2.24) is 4.90 Å². The molecule has 0 amide bonds. The van der Waals surface area contributed by atoms with E-state index in [1.807, 2.05) is 60.7 Å². The molecule has 0 saturated carbocycles. The monoisotopic (exact) mass is 555 g/mol. The van der Waals surface area contributed by atoms with Gasteiger partial charge in [0.1, 0.15) is 12.4 Å². The molecule has 0 spiro atoms. The highest BCUT2D eigenvalue weighted by atomic mass is 35.5. The van der Waals surface area contributed by atoms with Gasteiger partial charge in [0.2, 0.25) is 0 Å². The third kappa shape index (κ3) is 9.85. The molecule has 2 atom stereocenters. The summed E-state index contributed by atoms with van der Waals surface area (Å²) in [5, 5.41) is 33.3. The van der Waals surface area contributed by atoms with Gasteiger partial charge in [-0.3, -0.25) is 0 Å². The Bertz CT molecular complexity index is 1180. The quantitative estimate of drug-likeness (QED) is 0.242. The fraction of sp³-hybridized carbons (Fsp3) is 0.267. The minimum atomic E-state index is -2.27. The van der Waals surface area contributed by atoms with E-state index in [2.05, 4.69) is 43.0 Å². The summed E-state index contributed by atoms with van der Waals surface area (Å²) in [5.41, 5.74) is 4.19. The molecule has 208 valence electrons. The van der Waals surface area contributed by atoms with E-state index in [1.165, 1.54) is 0 Å². The third-order valence-electron chi connectivity index (χ3n) is 5.83. The number of nitrogens with zero attached hydrogens (tertiary/aromatic N) is 1. The van der Waals surface area contributed by atoms with Crippen LogP contribution < -0.4 is 4.74 Å². The maximum absolute atomic E-state index is 9.77. The van der Waals surface area contributed by atoms with E-state index in [4.69, 9.17) is 36.8 Å². The van der Waals surface area contributed by atoms with Gasteiger partial charge in [0.05, 0.1) is 5.03 Å². The molecule has 0 aliphatic rings. The number of hydrogen-bond donors (Lipinski definition) is 4. The summed E-state index contributed by atoms with van der Waals surface area (Å²) in [4.78, 5) is 21.9. The van der Waals surface area contributed by atoms with Crippen LogP contribution in [0.4, 0.5) is 0 Å². The van der Waals surface area contributed by atoms with Gasteiger partial charge in [0.25, 0.3) is 0 Å². The Morgan fingerprint density at radius 3 is 1.62 bits per heavy atom. The number of aliphatic hydroxyl groups is 2. The molecule has 0 saturated heterocycles. The van der Waals surface area contributed by atoms with E-state index >= 15 is 0 Å². The van der Waals surface area contributed by atoms with Crippen molar-refractivity contribution in [2.24, 2.45) is 0 Å². The highest BCUT2D eigenvalue weighted by molar-refractivity contribution is 6.53. The van der Waals surface area contributed by atoms with Gasteiger partial charge in [-0.15, -0.1) is 0 Å². The van der Waals surface area contributed by atoms with Gasteiger partial charge in [0, 0.05) is 12.1 Å². The lowest BCUT2D eigenvalue weighted by atomic mass is 9.95. The maximum atomic E-state index is 9.77. The fourth-order valence-corrected chi connectivity index (χ4v) is 3.92. The van der Waals surface area contributed by atoms with E-state index in [9.17, 15) is 9.59 Å². The molecule has 39 heavy (non-hydrogen) atoms. The van der Waals surface area contributed by atoms with Crippen molar-refractivity contribution < 1.29 is 34.8 Å². The lowest BCUT2D eigenvalue weighted by Crippen LogP contribution is -2.39. The predicted octanol–water partition coefficient (Wildman–Crippen LogP) is 4.44. The van der Waals surface area contributed by atoms with Crippen LogP contribution in [0.2, 0.25) is 0 Å². The number of benzene rings is 3. The summed E-state index contributed by atoms with van der Waals surface area (Å²) in [5.74, 6) is -2.66. The molecule has 8 nitrogen and oxygen atoms in total. The van der Waals surface area contributed by atoms with Crippen molar-refractivity contribution in [2.45, 2.75) is 26.1 Å². The van der Waals surface area contributed by atoms with E-state index in [0.29, 0.717) is 6.61 Å². The van der Waals surface area contributed by atoms with Gasteiger partial charge in [-0.05, 0) is 41.9 Å². The second-order valence-electron chi connectivity index (χ2n) is 8.39. The van der Waals surface area contributed by atoms with Crippen LogP contribution in [0.3, 0.4) is 0 Å². The number of aliphatic carboxylic acids is 2. The first-order valence-corrected chi connectivity index (χ1v) is 12.8. The van der Waals surface area contributed by atoms with Gasteiger partial charge in [-0.1, -0.05) is 98.2 Å². The summed E-state index contributed by atoms with van der Waals surface area (Å²) < 4.78 is 5.94. The normalized spacial score (nSPS) is 13.0. The number of rotatable bonds is 12. The summed E-state index contributed by atoms with van der Waals surface area (Å²) in [6.07, 6.45) is -4.53. The second kappa shape index (κ2) is 16.3. The number of aliphatic hydroxyl groups excluding tert-OH is 2. The average Bonchev–Trinajstić information content (AvgIpc) is 2.96. The second-order valence-corrected chi connectivity index (χ2v) is 8.76. The molecule has 2 unspecified atom stereocenters. The summed E-state index contributed by atoms with van der Waals surface area (Å²) in [6.45, 7) is 8.05. The zero-order valence-electron chi connectivity index (χ0n) is 21.9. The first-order chi connectivity index (χ1) is 18.7. The molecule has 9 heteroatoms. The van der Waals surface area contributed by atoms with Gasteiger partial charge < -0.3 is 30.1 Å². The van der Waals surface area contributed by atoms with Crippen molar-refractivity contribution in [3.05, 3.63) is 102 Å². The molecule has 0 aliphatic heterocycles. The van der Waals surface area contributed by atoms with Crippen molar-refractivity contribution in [3.8, 4) is 5.75 Å². The topological polar surface area (TPSA) is 128 Å². The molecular formula is C30H34ClNO7. The van der Waals surface area contributed by atoms with Crippen LogP contribution in [0, 0.1) is 0 Å². The van der Waals surface area contributed by atoms with E-state index in [1.54, 1.807) is 0 Å². The van der Waals surface area contributed by atoms with Crippen LogP contribution in [0.15, 0.2) is 84.9 Å². The van der Waals surface area contributed by atoms with Gasteiger partial charge in [-0.25, -0.2) is 9.59 Å². The molecule has 0 aromatic heterocycles. The Hall–Kier alpha value is -3.69. The Labute approximate surface area is 233 Å². The molecule has 0 heterocycles. The van der Waals surface area contributed by atoms with Crippen LogP contribution >= 0.6 is 11.6 Å². The van der Waals surface area contributed by atoms with Crippen molar-refractivity contribution >= 4 is 34.1 Å². The van der Waals surface area contributed by atoms with Crippen molar-refractivity contribution in [1.29, 1.82) is 0 Å². The minimum absolute atomic E-state index is 0.688. The van der Waals surface area contributed by atoms with Gasteiger partial charge in [0.15, 0.2) is 12.2 Å². The number of ether oxygens (including phenoxy) is 1. The van der Waals surface area contributed by atoms with Crippen LogP contribution in [0.1, 0.15) is 30.5 Å². The van der Waals surface area contributed by atoms with Crippen molar-refractivity contribution in [2.75, 3.05) is 26.2 Å². The Balaban J connectivity index is 0.000000455. The van der Waals surface area contributed by atoms with Crippen LogP contribution in [-0.4, -0.2) is 75.7 Å². The summed E-state index contributed by atoms with van der Waals surface area (Å²) in [6, 6.07) is 28.6. The first kappa shape index (κ1) is 31.5. The molecule has 0 bridgehead atoms. The SMILES string of the molecule is CCN(CC)CCOc1ccc(/C(=C(\Cl)c2ccccc2)c2ccccc2)cc1.O=C(O)C(O)C(O)C(=O)O. The number of hydrogen-bond acceptors (Lipinski definition) is 6. The largest absolute Gasteiger partial charge is 0.492 e. The fourth-order valence-electron chi connectivity index (χ4n) is 3.57. The predicted molar refractivity (Wildman–Crippen MR) is 152 cm³/mol. The molecule has 0 fully saturated rings. The van der Waals surface area contributed by atoms with E-state index in [-0.39, 0.29) is 0 Å². The number of likely N-dealkylation sites (N-methyl/N-ethyl adjacent to an activating group) is 1. The molecule has 3 aromatic rings. The molecule has 4 N–H and O–H groups in total. The Morgan fingerprint density at radius 2 is 1.18 bits per heavy atom. The number of halogens is 1. The molecule has 0 radical (unpaired) electrons. The molecule has 3 rings (SSSR count). The van der Waals surface area contributed by atoms with Gasteiger partial charge >= 0.3 is 11.9 Å². The number of carbonyl (C=O) groups is 2. The van der Waals surface area contributed by atoms with Crippen LogP contribution in [0.5, 0.6) is 5.75 Å². The minimum Gasteiger partial charge on any atom is -0.492 e. The maximum Gasteiger partial charge on any atom is 0.335 e. The third-order valence-corrected chi connectivity index (χ3v) is 6.24. The molecule has 0 aliphatic carbocycles. The smallest absolute Gasteiger partial charge is 0.335 e. The highest BCUT2D eigenvalue weighted by Gasteiger charge is 2.29. The first-order valence-electron chi connectivity index (χ1n) is 12.5. The zero-order chi connectivity index (χ0) is 28.8. The average molecular weight is 556 g/mol. The van der Waals surface area contributed by atoms with E-state index in [0.717, 1.165) is 52.7 Å². The van der Waals surface area contributed by atoms with Crippen LogP contribution in [-0.2, 0) is 9.59 Å². The highest BCUT2D eigenvalue weighted by Crippen LogP contribution is 2.35. The number of carboxylic acid groups (broad SMARTS) is 2. The lowest BCUT2D eigenvalue weighted by Gasteiger charge is -2.18. The van der Waals surface area contributed by atoms with E-state index < -0.39 is 24.1 Å². The zero-order valence-corrected chi connectivity index (χ0v) is 22.7. The Morgan fingerprint density at radius 1 is 0.744 bits per heavy atom. The van der Waals surface area contributed by atoms with Gasteiger partial charge in [-0.2, -0.15) is 0 Å². The lowest BCUT2D eigenvalue weighted by molar-refractivity contribution is -0.165. The molecular weight excluding hydrogens is 522 g/mol. The summed E-state index contributed by atoms with van der Waals surface area (Å²) in [7, 11) is 0. The molecule has 3 aromatic carbocycles. The van der Waals surface area contributed by atoms with Crippen molar-refractivity contribution in [3.63, 3.8) is 0 Å². The Kier molecular flexibility index (Phi) is 13.2.